The van der Waals surface area contributed by atoms with Gasteiger partial charge in [-0.15, -0.1) is 0 Å². The van der Waals surface area contributed by atoms with E-state index < -0.39 is 0 Å². The molecule has 1 fully saturated rings. The van der Waals surface area contributed by atoms with Crippen LogP contribution in [0.2, 0.25) is 0 Å². The smallest absolute Gasteiger partial charge is 0.223 e. The highest BCUT2D eigenvalue weighted by molar-refractivity contribution is 8.06. The van der Waals surface area contributed by atoms with Gasteiger partial charge in [0.15, 0.2) is 0 Å². The molecule has 1 aromatic rings. The Hall–Kier alpha value is -1.69. The fraction of sp³-hybridized carbons (Fsp3) is 0.429. The molecule has 0 spiro atoms. The highest BCUT2D eigenvalue weighted by Gasteiger charge is 2.22. The van der Waals surface area contributed by atoms with Crippen LogP contribution in [0.4, 0.5) is 5.95 Å². The highest BCUT2D eigenvalue weighted by Crippen LogP contribution is 2.31. The lowest BCUT2D eigenvalue weighted by molar-refractivity contribution is 0.718. The van der Waals surface area contributed by atoms with Crippen LogP contribution < -0.4 is 16.4 Å². The Bertz CT molecular complexity index is 575. The number of anilines is 1. The van der Waals surface area contributed by atoms with E-state index in [4.69, 9.17) is 5.73 Å². The van der Waals surface area contributed by atoms with Crippen LogP contribution in [0.15, 0.2) is 28.4 Å². The maximum Gasteiger partial charge on any atom is 0.223 e. The van der Waals surface area contributed by atoms with E-state index in [9.17, 15) is 0 Å². The van der Waals surface area contributed by atoms with Crippen molar-refractivity contribution in [1.82, 2.24) is 15.3 Å². The molecule has 1 aliphatic carbocycles. The molecule has 106 valence electrons. The monoisotopic (exact) mass is 289 g/mol. The average Bonchev–Trinajstić information content (AvgIpc) is 3.10. The normalized spacial score (nSPS) is 20.6. The van der Waals surface area contributed by atoms with Crippen LogP contribution in [-0.4, -0.2) is 16.0 Å². The number of nitrogens with one attached hydrogen (secondary N) is 2. The van der Waals surface area contributed by atoms with E-state index in [0.717, 1.165) is 10.7 Å². The average molecular weight is 289 g/mol. The van der Waals surface area contributed by atoms with Crippen molar-refractivity contribution in [3.63, 3.8) is 0 Å². The van der Waals surface area contributed by atoms with Gasteiger partial charge in [0.1, 0.15) is 5.03 Å². The maximum atomic E-state index is 6.22. The molecule has 1 saturated carbocycles. The van der Waals surface area contributed by atoms with Gasteiger partial charge in [-0.25, -0.2) is 9.97 Å². The lowest BCUT2D eigenvalue weighted by atomic mass is 10.1. The molecule has 2 aliphatic rings. The van der Waals surface area contributed by atoms with Crippen molar-refractivity contribution >= 4 is 23.4 Å². The van der Waals surface area contributed by atoms with Crippen molar-refractivity contribution in [3.05, 3.63) is 34.1 Å². The molecule has 3 rings (SSSR count). The van der Waals surface area contributed by atoms with E-state index in [-0.39, 0.29) is 0 Å². The molecule has 0 atom stereocenters. The van der Waals surface area contributed by atoms with Gasteiger partial charge in [0.25, 0.3) is 0 Å². The van der Waals surface area contributed by atoms with Gasteiger partial charge in [-0.3, -0.25) is 0 Å². The molecule has 20 heavy (non-hydrogen) atoms. The van der Waals surface area contributed by atoms with Crippen LogP contribution in [0.25, 0.3) is 5.70 Å². The summed E-state index contributed by atoms with van der Waals surface area (Å²) in [4.78, 5) is 8.72. The van der Waals surface area contributed by atoms with Gasteiger partial charge in [-0.2, -0.15) is 0 Å². The minimum atomic E-state index is 0.463. The number of thioether (sulfide) groups is 1. The Labute approximate surface area is 123 Å². The van der Waals surface area contributed by atoms with Crippen molar-refractivity contribution in [2.75, 3.05) is 5.32 Å². The Morgan fingerprint density at radius 3 is 2.95 bits per heavy atom. The molecular formula is C14H19N5S. The fourth-order valence-electron chi connectivity index (χ4n) is 1.83. The molecule has 2 heterocycles. The van der Waals surface area contributed by atoms with E-state index in [0.29, 0.717) is 23.6 Å². The molecular weight excluding hydrogens is 270 g/mol. The molecule has 0 amide bonds. The Morgan fingerprint density at radius 1 is 1.50 bits per heavy atom. The van der Waals surface area contributed by atoms with E-state index in [1.807, 2.05) is 6.07 Å². The summed E-state index contributed by atoms with van der Waals surface area (Å²) in [5.74, 6) is 1.12. The third kappa shape index (κ3) is 2.90. The van der Waals surface area contributed by atoms with Crippen LogP contribution in [0.1, 0.15) is 32.4 Å². The van der Waals surface area contributed by atoms with Crippen molar-refractivity contribution in [1.29, 1.82) is 0 Å². The molecule has 1 aromatic heterocycles. The molecule has 4 N–H and O–H groups in total. The molecule has 0 bridgehead atoms. The first-order valence-electron chi connectivity index (χ1n) is 6.87. The molecule has 1 aliphatic heterocycles. The van der Waals surface area contributed by atoms with E-state index in [1.165, 1.54) is 18.5 Å². The van der Waals surface area contributed by atoms with Gasteiger partial charge >= 0.3 is 0 Å². The van der Waals surface area contributed by atoms with Crippen molar-refractivity contribution in [2.45, 2.75) is 32.7 Å². The van der Waals surface area contributed by atoms with Gasteiger partial charge in [-0.1, -0.05) is 25.6 Å². The Balaban J connectivity index is 1.78. The zero-order valence-electron chi connectivity index (χ0n) is 11.7. The van der Waals surface area contributed by atoms with Gasteiger partial charge in [0.2, 0.25) is 5.95 Å². The summed E-state index contributed by atoms with van der Waals surface area (Å²) in [5, 5.41) is 9.70. The van der Waals surface area contributed by atoms with E-state index >= 15 is 0 Å². The second-order valence-electron chi connectivity index (χ2n) is 5.40. The van der Waals surface area contributed by atoms with Crippen molar-refractivity contribution in [2.24, 2.45) is 11.7 Å². The number of nitrogens with zero attached hydrogens (tertiary/aromatic N) is 2. The summed E-state index contributed by atoms with van der Waals surface area (Å²) < 4.78 is 0. The third-order valence-corrected chi connectivity index (χ3v) is 4.20. The first kappa shape index (κ1) is 13.3. The summed E-state index contributed by atoms with van der Waals surface area (Å²) in [6, 6.07) is 2.38. The zero-order valence-corrected chi connectivity index (χ0v) is 12.5. The summed E-state index contributed by atoms with van der Waals surface area (Å²) in [6.45, 7) is 4.31. The minimum Gasteiger partial charge on any atom is -0.395 e. The van der Waals surface area contributed by atoms with E-state index in [2.05, 4.69) is 39.9 Å². The van der Waals surface area contributed by atoms with E-state index in [1.54, 1.807) is 18.0 Å². The van der Waals surface area contributed by atoms with Crippen LogP contribution in [0.5, 0.6) is 0 Å². The predicted molar refractivity (Wildman–Crippen MR) is 83.4 cm³/mol. The second-order valence-corrected chi connectivity index (χ2v) is 6.28. The van der Waals surface area contributed by atoms with Crippen LogP contribution in [-0.2, 0) is 0 Å². The molecule has 0 aromatic carbocycles. The standard InChI is InChI=1S/C14H19N5S/c1-8(2)11-7-20-13(18-11)12(15)10-5-6-16-14(19-10)17-9-3-4-9/h5-9,18H,3-4,15H2,1-2H3,(H,16,17,19)/b13-12+. The van der Waals surface area contributed by atoms with Gasteiger partial charge in [0, 0.05) is 17.9 Å². The largest absolute Gasteiger partial charge is 0.395 e. The summed E-state index contributed by atoms with van der Waals surface area (Å²) in [5.41, 5.74) is 8.85. The summed E-state index contributed by atoms with van der Waals surface area (Å²) in [6.07, 6.45) is 4.14. The van der Waals surface area contributed by atoms with Gasteiger partial charge in [0.05, 0.1) is 11.4 Å². The highest BCUT2D eigenvalue weighted by atomic mass is 32.2. The molecule has 6 heteroatoms. The molecule has 0 radical (unpaired) electrons. The SMILES string of the molecule is CC(C)C1=CS/C(=C(/N)c2ccnc(NC3CC3)n2)N1. The van der Waals surface area contributed by atoms with Crippen LogP contribution >= 0.6 is 11.8 Å². The second kappa shape index (κ2) is 5.36. The lowest BCUT2D eigenvalue weighted by Gasteiger charge is -2.11. The van der Waals surface area contributed by atoms with Crippen LogP contribution in [0.3, 0.4) is 0 Å². The number of allylic oxidation sites excluding steroid dienone is 1. The molecule has 0 unspecified atom stereocenters. The van der Waals surface area contributed by atoms with Crippen molar-refractivity contribution in [3.8, 4) is 0 Å². The number of hydrogen-bond donors (Lipinski definition) is 3. The Morgan fingerprint density at radius 2 is 2.30 bits per heavy atom. The summed E-state index contributed by atoms with van der Waals surface area (Å²) >= 11 is 1.61. The quantitative estimate of drug-likeness (QED) is 0.790. The van der Waals surface area contributed by atoms with Crippen molar-refractivity contribution < 1.29 is 0 Å². The minimum absolute atomic E-state index is 0.463. The molecule has 5 nitrogen and oxygen atoms in total. The van der Waals surface area contributed by atoms with Crippen LogP contribution in [0, 0.1) is 5.92 Å². The number of nitrogens with two attached hydrogens (primary N) is 1. The fourth-order valence-corrected chi connectivity index (χ4v) is 2.81. The lowest BCUT2D eigenvalue weighted by Crippen LogP contribution is -2.15. The molecule has 0 saturated heterocycles. The number of aromatic nitrogens is 2. The van der Waals surface area contributed by atoms with Gasteiger partial charge in [-0.05, 0) is 30.2 Å². The summed E-state index contributed by atoms with van der Waals surface area (Å²) in [7, 11) is 0. The topological polar surface area (TPSA) is 75.9 Å². The predicted octanol–water partition coefficient (Wildman–Crippen LogP) is 2.47. The van der Waals surface area contributed by atoms with Gasteiger partial charge < -0.3 is 16.4 Å². The first-order valence-corrected chi connectivity index (χ1v) is 7.75. The Kier molecular flexibility index (Phi) is 3.56. The first-order chi connectivity index (χ1) is 9.63. The zero-order chi connectivity index (χ0) is 14.1. The number of hydrogen-bond acceptors (Lipinski definition) is 6. The number of rotatable bonds is 4. The third-order valence-electron chi connectivity index (χ3n) is 3.27. The maximum absolute atomic E-state index is 6.22.